The Balaban J connectivity index is 1.71. The number of rotatable bonds is 5. The van der Waals surface area contributed by atoms with Gasteiger partial charge in [-0.25, -0.2) is 4.68 Å². The van der Waals surface area contributed by atoms with Gasteiger partial charge in [0.25, 0.3) is 0 Å². The minimum Gasteiger partial charge on any atom is -0.375 e. The van der Waals surface area contributed by atoms with Crippen molar-refractivity contribution in [2.24, 2.45) is 0 Å². The summed E-state index contributed by atoms with van der Waals surface area (Å²) < 4.78 is 1.84. The van der Waals surface area contributed by atoms with Gasteiger partial charge in [-0.3, -0.25) is 4.79 Å². The van der Waals surface area contributed by atoms with E-state index < -0.39 is 0 Å². The summed E-state index contributed by atoms with van der Waals surface area (Å²) in [7, 11) is 0. The van der Waals surface area contributed by atoms with Crippen LogP contribution in [0.1, 0.15) is 22.5 Å². The number of nitrogens with zero attached hydrogens (tertiary/aromatic N) is 2. The first-order valence-corrected chi connectivity index (χ1v) is 9.16. The molecule has 0 atom stereocenters. The van der Waals surface area contributed by atoms with Gasteiger partial charge in [0.15, 0.2) is 0 Å². The van der Waals surface area contributed by atoms with Gasteiger partial charge in [-0.1, -0.05) is 35.4 Å². The average Bonchev–Trinajstić information content (AvgIpc) is 2.90. The molecule has 3 rings (SSSR count). The normalized spacial score (nSPS) is 10.7. The Labute approximate surface area is 164 Å². The third-order valence-electron chi connectivity index (χ3n) is 4.40. The highest BCUT2D eigenvalue weighted by molar-refractivity contribution is 6.33. The van der Waals surface area contributed by atoms with Crippen LogP contribution in [0.3, 0.4) is 0 Å². The lowest BCUT2D eigenvalue weighted by Gasteiger charge is -2.10. The summed E-state index contributed by atoms with van der Waals surface area (Å²) in [5, 5.41) is 11.2. The van der Waals surface area contributed by atoms with E-state index in [0.717, 1.165) is 34.0 Å². The Morgan fingerprint density at radius 3 is 2.37 bits per heavy atom. The number of aromatic nitrogens is 2. The molecule has 1 heterocycles. The van der Waals surface area contributed by atoms with Crippen molar-refractivity contribution in [3.8, 4) is 5.69 Å². The molecular formula is C21H23ClN4O. The van der Waals surface area contributed by atoms with E-state index in [1.807, 2.05) is 74.8 Å². The molecule has 0 unspecified atom stereocenters. The van der Waals surface area contributed by atoms with Crippen LogP contribution in [0.15, 0.2) is 42.5 Å². The number of anilines is 2. The molecule has 27 heavy (non-hydrogen) atoms. The Bertz CT molecular complexity index is 977. The van der Waals surface area contributed by atoms with Crippen molar-refractivity contribution >= 4 is 28.9 Å². The Morgan fingerprint density at radius 2 is 1.70 bits per heavy atom. The molecule has 0 saturated heterocycles. The van der Waals surface area contributed by atoms with Crippen molar-refractivity contribution in [1.82, 2.24) is 9.78 Å². The highest BCUT2D eigenvalue weighted by atomic mass is 35.5. The van der Waals surface area contributed by atoms with Gasteiger partial charge in [0.05, 0.1) is 40.0 Å². The number of aryl methyl sites for hydroxylation is 3. The fraction of sp³-hybridized carbons (Fsp3) is 0.238. The second kappa shape index (κ2) is 7.84. The summed E-state index contributed by atoms with van der Waals surface area (Å²) in [6, 6.07) is 13.8. The highest BCUT2D eigenvalue weighted by Gasteiger charge is 2.15. The first-order valence-electron chi connectivity index (χ1n) is 8.78. The van der Waals surface area contributed by atoms with Crippen molar-refractivity contribution in [2.45, 2.75) is 27.7 Å². The second-order valence-corrected chi connectivity index (χ2v) is 7.09. The minimum absolute atomic E-state index is 0.122. The Hall–Kier alpha value is -2.79. The summed E-state index contributed by atoms with van der Waals surface area (Å²) in [6.07, 6.45) is 0. The number of carbonyl (C=O) groups excluding carboxylic acids is 1. The van der Waals surface area contributed by atoms with Gasteiger partial charge in [-0.15, -0.1) is 0 Å². The van der Waals surface area contributed by atoms with Gasteiger partial charge in [-0.05, 0) is 57.5 Å². The lowest BCUT2D eigenvalue weighted by Crippen LogP contribution is -2.22. The van der Waals surface area contributed by atoms with Gasteiger partial charge in [0.1, 0.15) is 0 Å². The third kappa shape index (κ3) is 4.31. The summed E-state index contributed by atoms with van der Waals surface area (Å²) in [4.78, 5) is 12.4. The SMILES string of the molecule is Cc1ccc(-n2nc(C)c(NC(=O)CNc3ccc(C)cc3Cl)c2C)cc1. The van der Waals surface area contributed by atoms with E-state index in [1.54, 1.807) is 0 Å². The molecule has 3 aromatic rings. The molecule has 2 N–H and O–H groups in total. The fourth-order valence-electron chi connectivity index (χ4n) is 2.88. The molecule has 0 spiro atoms. The number of carbonyl (C=O) groups is 1. The van der Waals surface area contributed by atoms with E-state index in [2.05, 4.69) is 15.7 Å². The molecular weight excluding hydrogens is 360 g/mol. The fourth-order valence-corrected chi connectivity index (χ4v) is 3.19. The molecule has 0 saturated carbocycles. The summed E-state index contributed by atoms with van der Waals surface area (Å²) in [5.41, 5.74) is 6.36. The highest BCUT2D eigenvalue weighted by Crippen LogP contribution is 2.24. The van der Waals surface area contributed by atoms with Gasteiger partial charge >= 0.3 is 0 Å². The molecule has 6 heteroatoms. The lowest BCUT2D eigenvalue weighted by atomic mass is 10.2. The Morgan fingerprint density at radius 1 is 1.04 bits per heavy atom. The predicted molar refractivity (Wildman–Crippen MR) is 111 cm³/mol. The number of benzene rings is 2. The number of hydrogen-bond acceptors (Lipinski definition) is 3. The van der Waals surface area contributed by atoms with E-state index in [9.17, 15) is 4.79 Å². The topological polar surface area (TPSA) is 59.0 Å². The molecule has 140 valence electrons. The van der Waals surface area contributed by atoms with Crippen LogP contribution in [0.25, 0.3) is 5.69 Å². The van der Waals surface area contributed by atoms with Crippen LogP contribution in [0.2, 0.25) is 5.02 Å². The van der Waals surface area contributed by atoms with Crippen LogP contribution in [0.4, 0.5) is 11.4 Å². The average molecular weight is 383 g/mol. The van der Waals surface area contributed by atoms with Crippen LogP contribution in [0, 0.1) is 27.7 Å². The van der Waals surface area contributed by atoms with Gasteiger partial charge in [-0.2, -0.15) is 5.10 Å². The maximum atomic E-state index is 12.4. The van der Waals surface area contributed by atoms with Crippen LogP contribution in [0.5, 0.6) is 0 Å². The van der Waals surface area contributed by atoms with E-state index in [4.69, 9.17) is 11.6 Å². The van der Waals surface area contributed by atoms with E-state index in [-0.39, 0.29) is 12.5 Å². The van der Waals surface area contributed by atoms with Crippen LogP contribution >= 0.6 is 11.6 Å². The molecule has 0 bridgehead atoms. The molecule has 1 aromatic heterocycles. The summed E-state index contributed by atoms with van der Waals surface area (Å²) in [5.74, 6) is -0.152. The number of nitrogens with one attached hydrogen (secondary N) is 2. The zero-order chi connectivity index (χ0) is 19.6. The monoisotopic (exact) mass is 382 g/mol. The first-order chi connectivity index (χ1) is 12.8. The van der Waals surface area contributed by atoms with Crippen LogP contribution in [-0.2, 0) is 4.79 Å². The molecule has 5 nitrogen and oxygen atoms in total. The molecule has 0 fully saturated rings. The maximum Gasteiger partial charge on any atom is 0.243 e. The first kappa shape index (κ1) is 19.0. The summed E-state index contributed by atoms with van der Waals surface area (Å²) in [6.45, 7) is 7.97. The molecule has 0 aliphatic heterocycles. The minimum atomic E-state index is -0.152. The van der Waals surface area contributed by atoms with Crippen molar-refractivity contribution in [1.29, 1.82) is 0 Å². The van der Waals surface area contributed by atoms with Crippen LogP contribution in [-0.4, -0.2) is 22.2 Å². The Kier molecular flexibility index (Phi) is 5.51. The molecule has 0 aliphatic rings. The smallest absolute Gasteiger partial charge is 0.243 e. The number of halogens is 1. The largest absolute Gasteiger partial charge is 0.375 e. The maximum absolute atomic E-state index is 12.4. The molecule has 1 amide bonds. The van der Waals surface area contributed by atoms with Crippen molar-refractivity contribution in [3.05, 3.63) is 70.0 Å². The number of hydrogen-bond donors (Lipinski definition) is 2. The van der Waals surface area contributed by atoms with Crippen LogP contribution < -0.4 is 10.6 Å². The van der Waals surface area contributed by atoms with E-state index in [1.165, 1.54) is 5.56 Å². The standard InChI is InChI=1S/C21H23ClN4O/c1-13-5-8-17(9-6-13)26-16(4)21(15(3)25-26)24-20(27)12-23-19-10-7-14(2)11-18(19)22/h5-11,23H,12H2,1-4H3,(H,24,27). The summed E-state index contributed by atoms with van der Waals surface area (Å²) >= 11 is 6.20. The van der Waals surface area contributed by atoms with Crippen molar-refractivity contribution in [2.75, 3.05) is 17.2 Å². The van der Waals surface area contributed by atoms with Gasteiger partial charge < -0.3 is 10.6 Å². The van der Waals surface area contributed by atoms with Gasteiger partial charge in [0.2, 0.25) is 5.91 Å². The quantitative estimate of drug-likeness (QED) is 0.665. The van der Waals surface area contributed by atoms with Crippen molar-refractivity contribution < 1.29 is 4.79 Å². The molecule has 0 radical (unpaired) electrons. The molecule has 0 aliphatic carbocycles. The van der Waals surface area contributed by atoms with Crippen molar-refractivity contribution in [3.63, 3.8) is 0 Å². The third-order valence-corrected chi connectivity index (χ3v) is 4.71. The predicted octanol–water partition coefficient (Wildman–Crippen LogP) is 4.81. The lowest BCUT2D eigenvalue weighted by molar-refractivity contribution is -0.114. The molecule has 2 aromatic carbocycles. The zero-order valence-electron chi connectivity index (χ0n) is 15.9. The van der Waals surface area contributed by atoms with E-state index in [0.29, 0.717) is 5.02 Å². The van der Waals surface area contributed by atoms with Gasteiger partial charge in [0, 0.05) is 0 Å². The number of amides is 1. The second-order valence-electron chi connectivity index (χ2n) is 6.68. The van der Waals surface area contributed by atoms with E-state index >= 15 is 0 Å². The zero-order valence-corrected chi connectivity index (χ0v) is 16.7.